The molecule has 2 aromatic rings. The molecule has 0 unspecified atom stereocenters. The highest BCUT2D eigenvalue weighted by Gasteiger charge is 2.23. The second kappa shape index (κ2) is 12.2. The van der Waals surface area contributed by atoms with Gasteiger partial charge in [-0.1, -0.05) is 67.3 Å². The van der Waals surface area contributed by atoms with Crippen molar-refractivity contribution in [3.63, 3.8) is 0 Å². The normalized spacial score (nSPS) is 10.8. The Morgan fingerprint density at radius 2 is 1.73 bits per heavy atom. The van der Waals surface area contributed by atoms with Gasteiger partial charge in [-0.3, -0.25) is 0 Å². The Labute approximate surface area is 182 Å². The number of nitrogens with zero attached hydrogens (tertiary/aromatic N) is 1. The highest BCUT2D eigenvalue weighted by molar-refractivity contribution is 7.89. The highest BCUT2D eigenvalue weighted by Crippen LogP contribution is 2.19. The zero-order valence-electron chi connectivity index (χ0n) is 18.2. The summed E-state index contributed by atoms with van der Waals surface area (Å²) in [6.45, 7) is 6.41. The number of rotatable bonds is 10. The number of benzene rings is 2. The smallest absolute Gasteiger partial charge is 0.207 e. The molecule has 0 bridgehead atoms. The molecule has 0 saturated carbocycles. The molecule has 0 aromatic heterocycles. The molecule has 30 heavy (non-hydrogen) atoms. The van der Waals surface area contributed by atoms with Crippen LogP contribution in [0.1, 0.15) is 50.7 Å². The fourth-order valence-electron chi connectivity index (χ4n) is 2.96. The Kier molecular flexibility index (Phi) is 9.64. The van der Waals surface area contributed by atoms with E-state index in [2.05, 4.69) is 24.5 Å². The van der Waals surface area contributed by atoms with Crippen LogP contribution in [0.15, 0.2) is 70.8 Å². The molecule has 2 aromatic carbocycles. The minimum Gasteiger partial charge on any atom is -0.207 e. The SMILES string of the molecule is CC#CCN(CCC(=C=Cc1ccccc1)CCCC)S(=O)(=O)c1ccc(C)cc1. The standard InChI is InChI=1S/C26H31NO2S/c1-4-6-11-25(17-16-24-12-9-8-10-13-24)20-22-27(21-7-5-2)30(28,29)26-18-14-23(3)15-19-26/h8-10,12-16,18-19H,4,6,11,20-22H2,1-3H3. The molecular formula is C26H31NO2S. The quantitative estimate of drug-likeness (QED) is 0.358. The Balaban J connectivity index is 2.25. The third-order valence-corrected chi connectivity index (χ3v) is 6.69. The van der Waals surface area contributed by atoms with Gasteiger partial charge in [-0.05, 0) is 62.5 Å². The molecule has 0 radical (unpaired) electrons. The predicted octanol–water partition coefficient (Wildman–Crippen LogP) is 5.83. The lowest BCUT2D eigenvalue weighted by Gasteiger charge is -2.20. The molecule has 0 fully saturated rings. The molecule has 0 heterocycles. The van der Waals surface area contributed by atoms with E-state index >= 15 is 0 Å². The maximum absolute atomic E-state index is 13.2. The lowest BCUT2D eigenvalue weighted by atomic mass is 10.1. The first-order valence-electron chi connectivity index (χ1n) is 10.4. The fourth-order valence-corrected chi connectivity index (χ4v) is 4.31. The molecule has 0 aliphatic carbocycles. The summed E-state index contributed by atoms with van der Waals surface area (Å²) < 4.78 is 27.8. The van der Waals surface area contributed by atoms with Crippen LogP contribution in [-0.4, -0.2) is 25.8 Å². The van der Waals surface area contributed by atoms with Crippen molar-refractivity contribution in [1.29, 1.82) is 0 Å². The van der Waals surface area contributed by atoms with E-state index in [4.69, 9.17) is 0 Å². The van der Waals surface area contributed by atoms with E-state index in [1.165, 1.54) is 4.31 Å². The highest BCUT2D eigenvalue weighted by atomic mass is 32.2. The van der Waals surface area contributed by atoms with Crippen LogP contribution in [0.5, 0.6) is 0 Å². The van der Waals surface area contributed by atoms with Crippen molar-refractivity contribution in [3.05, 3.63) is 77.0 Å². The van der Waals surface area contributed by atoms with E-state index in [1.807, 2.05) is 55.5 Å². The van der Waals surface area contributed by atoms with Crippen LogP contribution in [0, 0.1) is 18.8 Å². The van der Waals surface area contributed by atoms with Gasteiger partial charge in [0.15, 0.2) is 0 Å². The Hall–Kier alpha value is -2.57. The van der Waals surface area contributed by atoms with Crippen LogP contribution in [0.4, 0.5) is 0 Å². The third-order valence-electron chi connectivity index (χ3n) is 4.83. The van der Waals surface area contributed by atoms with Crippen molar-refractivity contribution in [3.8, 4) is 11.8 Å². The van der Waals surface area contributed by atoms with Crippen molar-refractivity contribution in [2.75, 3.05) is 13.1 Å². The predicted molar refractivity (Wildman–Crippen MR) is 125 cm³/mol. The van der Waals surface area contributed by atoms with Gasteiger partial charge in [0.1, 0.15) is 0 Å². The first-order valence-corrected chi connectivity index (χ1v) is 11.9. The van der Waals surface area contributed by atoms with Crippen molar-refractivity contribution in [2.45, 2.75) is 51.3 Å². The number of unbranched alkanes of at least 4 members (excludes halogenated alkanes) is 1. The first kappa shape index (κ1) is 23.7. The van der Waals surface area contributed by atoms with Gasteiger partial charge in [0, 0.05) is 6.54 Å². The van der Waals surface area contributed by atoms with Crippen LogP contribution in [0.2, 0.25) is 0 Å². The molecule has 0 saturated heterocycles. The van der Waals surface area contributed by atoms with Gasteiger partial charge in [0.05, 0.1) is 11.4 Å². The molecule has 0 amide bonds. The maximum Gasteiger partial charge on any atom is 0.243 e. The molecule has 0 aliphatic rings. The molecule has 0 aliphatic heterocycles. The summed E-state index contributed by atoms with van der Waals surface area (Å²) in [7, 11) is -3.59. The van der Waals surface area contributed by atoms with Crippen LogP contribution in [0.3, 0.4) is 0 Å². The van der Waals surface area contributed by atoms with Gasteiger partial charge < -0.3 is 0 Å². The summed E-state index contributed by atoms with van der Waals surface area (Å²) in [6.07, 6.45) is 5.68. The van der Waals surface area contributed by atoms with Crippen LogP contribution in [-0.2, 0) is 10.0 Å². The summed E-state index contributed by atoms with van der Waals surface area (Å²) >= 11 is 0. The van der Waals surface area contributed by atoms with Crippen LogP contribution in [0.25, 0.3) is 6.08 Å². The molecule has 0 atom stereocenters. The second-order valence-corrected chi connectivity index (χ2v) is 9.17. The molecule has 2 rings (SSSR count). The van der Waals surface area contributed by atoms with Crippen LogP contribution < -0.4 is 0 Å². The van der Waals surface area contributed by atoms with Gasteiger partial charge >= 0.3 is 0 Å². The third kappa shape index (κ3) is 7.35. The zero-order chi connectivity index (χ0) is 21.8. The van der Waals surface area contributed by atoms with E-state index in [0.717, 1.165) is 36.0 Å². The topological polar surface area (TPSA) is 37.4 Å². The molecule has 0 spiro atoms. The Morgan fingerprint density at radius 1 is 1.03 bits per heavy atom. The monoisotopic (exact) mass is 421 g/mol. The lowest BCUT2D eigenvalue weighted by Crippen LogP contribution is -2.32. The summed E-state index contributed by atoms with van der Waals surface area (Å²) in [6, 6.07) is 17.0. The van der Waals surface area contributed by atoms with Crippen molar-refractivity contribution in [2.24, 2.45) is 0 Å². The number of aryl methyl sites for hydroxylation is 1. The molecule has 4 heteroatoms. The minimum absolute atomic E-state index is 0.191. The van der Waals surface area contributed by atoms with E-state index in [1.54, 1.807) is 19.1 Å². The maximum atomic E-state index is 13.2. The van der Waals surface area contributed by atoms with Crippen molar-refractivity contribution in [1.82, 2.24) is 4.31 Å². The first-order chi connectivity index (χ1) is 14.5. The largest absolute Gasteiger partial charge is 0.243 e. The Morgan fingerprint density at radius 3 is 2.37 bits per heavy atom. The average molecular weight is 422 g/mol. The molecule has 0 N–H and O–H groups in total. The van der Waals surface area contributed by atoms with Gasteiger partial charge in [0.25, 0.3) is 0 Å². The second-order valence-electron chi connectivity index (χ2n) is 7.23. The van der Waals surface area contributed by atoms with Crippen molar-refractivity contribution < 1.29 is 8.42 Å². The van der Waals surface area contributed by atoms with E-state index in [0.29, 0.717) is 17.9 Å². The van der Waals surface area contributed by atoms with Crippen molar-refractivity contribution >= 4 is 16.1 Å². The van der Waals surface area contributed by atoms with E-state index in [9.17, 15) is 8.42 Å². The summed E-state index contributed by atoms with van der Waals surface area (Å²) in [4.78, 5) is 0.310. The van der Waals surface area contributed by atoms with Gasteiger partial charge in [-0.25, -0.2) is 8.42 Å². The van der Waals surface area contributed by atoms with Gasteiger partial charge in [-0.15, -0.1) is 11.7 Å². The number of hydrogen-bond acceptors (Lipinski definition) is 2. The molecular weight excluding hydrogens is 390 g/mol. The number of sulfonamides is 1. The van der Waals surface area contributed by atoms with E-state index < -0.39 is 10.0 Å². The lowest BCUT2D eigenvalue weighted by molar-refractivity contribution is 0.447. The summed E-state index contributed by atoms with van der Waals surface area (Å²) in [5, 5.41) is 0. The summed E-state index contributed by atoms with van der Waals surface area (Å²) in [5.74, 6) is 5.73. The van der Waals surface area contributed by atoms with E-state index in [-0.39, 0.29) is 6.54 Å². The fraction of sp³-hybridized carbons (Fsp3) is 0.346. The van der Waals surface area contributed by atoms with Gasteiger partial charge in [0.2, 0.25) is 10.0 Å². The minimum atomic E-state index is -3.59. The molecule has 3 nitrogen and oxygen atoms in total. The molecule has 158 valence electrons. The average Bonchev–Trinajstić information content (AvgIpc) is 2.75. The Bertz CT molecular complexity index is 1020. The van der Waals surface area contributed by atoms with Crippen LogP contribution >= 0.6 is 0 Å². The zero-order valence-corrected chi connectivity index (χ0v) is 19.0. The number of hydrogen-bond donors (Lipinski definition) is 0. The van der Waals surface area contributed by atoms with Gasteiger partial charge in [-0.2, -0.15) is 4.31 Å². The summed E-state index contributed by atoms with van der Waals surface area (Å²) in [5.41, 5.74) is 6.67.